The van der Waals surface area contributed by atoms with Crippen molar-refractivity contribution in [1.29, 1.82) is 0 Å². The van der Waals surface area contributed by atoms with Crippen molar-refractivity contribution in [1.82, 2.24) is 5.43 Å². The van der Waals surface area contributed by atoms with E-state index in [-0.39, 0.29) is 5.57 Å². The van der Waals surface area contributed by atoms with Crippen LogP contribution in [0.3, 0.4) is 0 Å². The Morgan fingerprint density at radius 2 is 1.67 bits per heavy atom. The molecule has 4 rings (SSSR count). The zero-order chi connectivity index (χ0) is 23.2. The summed E-state index contributed by atoms with van der Waals surface area (Å²) in [7, 11) is 0. The van der Waals surface area contributed by atoms with Crippen molar-refractivity contribution in [3.63, 3.8) is 0 Å². The molecule has 1 heterocycles. The highest BCUT2D eigenvalue weighted by Crippen LogP contribution is 2.28. The number of rotatable bonds is 8. The van der Waals surface area contributed by atoms with Gasteiger partial charge in [0, 0.05) is 21.5 Å². The zero-order valence-corrected chi connectivity index (χ0v) is 19.8. The summed E-state index contributed by atoms with van der Waals surface area (Å²) in [6.45, 7) is 0.878. The average Bonchev–Trinajstić information content (AvgIpc) is 3.10. The number of ether oxygens (including phenoxy) is 2. The van der Waals surface area contributed by atoms with E-state index < -0.39 is 11.8 Å². The first kappa shape index (κ1) is 22.9. The molecule has 0 radical (unpaired) electrons. The van der Waals surface area contributed by atoms with Crippen LogP contribution in [0.5, 0.6) is 11.5 Å². The van der Waals surface area contributed by atoms with Gasteiger partial charge in [0.05, 0.1) is 18.9 Å². The number of halogens is 2. The van der Waals surface area contributed by atoms with Crippen LogP contribution in [0, 0.1) is 0 Å². The van der Waals surface area contributed by atoms with Gasteiger partial charge in [-0.05, 0) is 60.7 Å². The van der Waals surface area contributed by atoms with Crippen LogP contribution in [-0.4, -0.2) is 25.0 Å². The minimum absolute atomic E-state index is 0.0351. The summed E-state index contributed by atoms with van der Waals surface area (Å²) in [5, 5.41) is 1.89. The number of hydrogen-bond acceptors (Lipinski definition) is 4. The van der Waals surface area contributed by atoms with Crippen LogP contribution in [0.25, 0.3) is 6.08 Å². The monoisotopic (exact) mass is 526 g/mol. The number of para-hydroxylation sites is 1. The number of anilines is 1. The molecule has 2 amide bonds. The van der Waals surface area contributed by atoms with Gasteiger partial charge >= 0.3 is 0 Å². The maximum Gasteiger partial charge on any atom is 0.282 e. The number of nitrogens with zero attached hydrogens (tertiary/aromatic N) is 1. The van der Waals surface area contributed by atoms with Crippen LogP contribution in [-0.2, 0) is 9.59 Å². The predicted molar refractivity (Wildman–Crippen MR) is 131 cm³/mol. The number of hydrogen-bond donors (Lipinski definition) is 1. The average molecular weight is 528 g/mol. The quantitative estimate of drug-likeness (QED) is 0.242. The molecule has 1 N–H and O–H groups in total. The molecule has 1 aliphatic rings. The second-order valence-corrected chi connectivity index (χ2v) is 8.51. The van der Waals surface area contributed by atoms with Crippen molar-refractivity contribution in [2.75, 3.05) is 18.2 Å². The summed E-state index contributed by atoms with van der Waals surface area (Å²) in [5.74, 6) is 0.415. The molecule has 0 aliphatic carbocycles. The molecular formula is C25H20BrClN2O4. The van der Waals surface area contributed by atoms with Crippen molar-refractivity contribution in [3.05, 3.63) is 93.4 Å². The molecule has 0 unspecified atom stereocenters. The molecule has 8 heteroatoms. The Bertz CT molecular complexity index is 1180. The van der Waals surface area contributed by atoms with Crippen molar-refractivity contribution in [3.8, 4) is 11.5 Å². The van der Waals surface area contributed by atoms with Gasteiger partial charge in [-0.15, -0.1) is 0 Å². The highest BCUT2D eigenvalue weighted by atomic mass is 79.9. The lowest BCUT2D eigenvalue weighted by Crippen LogP contribution is -2.35. The minimum atomic E-state index is -0.467. The van der Waals surface area contributed by atoms with E-state index >= 15 is 0 Å². The number of hydrazine groups is 1. The molecular weight excluding hydrogens is 508 g/mol. The largest absolute Gasteiger partial charge is 0.493 e. The summed E-state index contributed by atoms with van der Waals surface area (Å²) in [6.07, 6.45) is 2.20. The molecule has 1 saturated heterocycles. The van der Waals surface area contributed by atoms with Crippen LogP contribution in [0.2, 0.25) is 5.02 Å². The molecule has 0 spiro atoms. The van der Waals surface area contributed by atoms with Gasteiger partial charge in [-0.3, -0.25) is 15.0 Å². The third-order valence-electron chi connectivity index (χ3n) is 4.81. The van der Waals surface area contributed by atoms with E-state index in [0.717, 1.165) is 10.2 Å². The smallest absolute Gasteiger partial charge is 0.282 e. The Morgan fingerprint density at radius 1 is 0.939 bits per heavy atom. The molecule has 3 aromatic carbocycles. The van der Waals surface area contributed by atoms with Crippen molar-refractivity contribution in [2.45, 2.75) is 6.42 Å². The Hall–Kier alpha value is -3.29. The maximum absolute atomic E-state index is 12.9. The first-order valence-electron chi connectivity index (χ1n) is 10.2. The first-order valence-corrected chi connectivity index (χ1v) is 11.4. The molecule has 1 fully saturated rings. The third kappa shape index (κ3) is 5.74. The van der Waals surface area contributed by atoms with Gasteiger partial charge < -0.3 is 9.47 Å². The lowest BCUT2D eigenvalue weighted by atomic mass is 10.1. The summed E-state index contributed by atoms with van der Waals surface area (Å²) in [6, 6.07) is 21.5. The van der Waals surface area contributed by atoms with E-state index in [1.54, 1.807) is 54.6 Å². The summed E-state index contributed by atoms with van der Waals surface area (Å²) in [5.41, 5.74) is 3.85. The van der Waals surface area contributed by atoms with E-state index in [0.29, 0.717) is 41.7 Å². The van der Waals surface area contributed by atoms with Crippen molar-refractivity contribution < 1.29 is 19.1 Å². The normalized spacial score (nSPS) is 14.5. The van der Waals surface area contributed by atoms with Gasteiger partial charge in [0.1, 0.15) is 17.1 Å². The lowest BCUT2D eigenvalue weighted by Gasteiger charge is -2.14. The fourth-order valence-electron chi connectivity index (χ4n) is 3.20. The van der Waals surface area contributed by atoms with Gasteiger partial charge in [0.15, 0.2) is 0 Å². The molecule has 0 bridgehead atoms. The van der Waals surface area contributed by atoms with Gasteiger partial charge in [-0.2, -0.15) is 0 Å². The Morgan fingerprint density at radius 3 is 2.42 bits per heavy atom. The number of benzene rings is 3. The molecule has 0 saturated carbocycles. The summed E-state index contributed by atoms with van der Waals surface area (Å²) >= 11 is 9.31. The van der Waals surface area contributed by atoms with Gasteiger partial charge in [0.2, 0.25) is 0 Å². The molecule has 33 heavy (non-hydrogen) atoms. The first-order chi connectivity index (χ1) is 16.0. The van der Waals surface area contributed by atoms with E-state index in [1.165, 1.54) is 5.01 Å². The van der Waals surface area contributed by atoms with Gasteiger partial charge in [-0.1, -0.05) is 45.7 Å². The predicted octanol–water partition coefficient (Wildman–Crippen LogP) is 5.41. The van der Waals surface area contributed by atoms with Gasteiger partial charge in [-0.25, -0.2) is 5.01 Å². The van der Waals surface area contributed by atoms with Crippen LogP contribution < -0.4 is 19.9 Å². The van der Waals surface area contributed by atoms with E-state index in [2.05, 4.69) is 21.4 Å². The number of carbonyl (C=O) groups is 2. The standard InChI is InChI=1S/C25H20BrClN2O4/c26-18-7-12-23(33-14-4-13-32-21-10-8-19(27)9-11-21)17(15-18)16-22-24(30)28-29(25(22)31)20-5-2-1-3-6-20/h1-3,5-12,15-16H,4,13-14H2,(H,28,30)/b22-16+. The Labute approximate surface area is 204 Å². The third-order valence-corrected chi connectivity index (χ3v) is 5.55. The Balaban J connectivity index is 1.42. The topological polar surface area (TPSA) is 67.9 Å². The van der Waals surface area contributed by atoms with E-state index in [4.69, 9.17) is 21.1 Å². The maximum atomic E-state index is 12.9. The fourth-order valence-corrected chi connectivity index (χ4v) is 3.70. The molecule has 0 aromatic heterocycles. The minimum Gasteiger partial charge on any atom is -0.493 e. The second kappa shape index (κ2) is 10.6. The Kier molecular flexibility index (Phi) is 7.32. The van der Waals surface area contributed by atoms with E-state index in [9.17, 15) is 9.59 Å². The molecule has 168 valence electrons. The number of nitrogens with one attached hydrogen (secondary N) is 1. The summed E-state index contributed by atoms with van der Waals surface area (Å²) in [4.78, 5) is 25.4. The SMILES string of the molecule is O=C1NN(c2ccccc2)C(=O)/C1=C/c1cc(Br)ccc1OCCCOc1ccc(Cl)cc1. The van der Waals surface area contributed by atoms with Crippen LogP contribution in [0.15, 0.2) is 82.8 Å². The van der Waals surface area contributed by atoms with Gasteiger partial charge in [0.25, 0.3) is 11.8 Å². The molecule has 6 nitrogen and oxygen atoms in total. The van der Waals surface area contributed by atoms with E-state index in [1.807, 2.05) is 24.3 Å². The molecule has 3 aromatic rings. The van der Waals surface area contributed by atoms with Crippen LogP contribution >= 0.6 is 27.5 Å². The fraction of sp³-hybridized carbons (Fsp3) is 0.120. The van der Waals surface area contributed by atoms with Crippen LogP contribution in [0.1, 0.15) is 12.0 Å². The molecule has 1 aliphatic heterocycles. The lowest BCUT2D eigenvalue weighted by molar-refractivity contribution is -0.117. The highest BCUT2D eigenvalue weighted by Gasteiger charge is 2.34. The highest BCUT2D eigenvalue weighted by molar-refractivity contribution is 9.10. The zero-order valence-electron chi connectivity index (χ0n) is 17.5. The van der Waals surface area contributed by atoms with Crippen LogP contribution in [0.4, 0.5) is 5.69 Å². The number of carbonyl (C=O) groups excluding carboxylic acids is 2. The summed E-state index contributed by atoms with van der Waals surface area (Å²) < 4.78 is 12.4. The number of amides is 2. The van der Waals surface area contributed by atoms with Crippen molar-refractivity contribution in [2.24, 2.45) is 0 Å². The second-order valence-electron chi connectivity index (χ2n) is 7.16. The van der Waals surface area contributed by atoms with Crippen molar-refractivity contribution >= 4 is 51.1 Å². The molecule has 0 atom stereocenters.